The molecule has 0 bridgehead atoms. The van der Waals surface area contributed by atoms with Gasteiger partial charge in [0.25, 0.3) is 0 Å². The van der Waals surface area contributed by atoms with Crippen LogP contribution in [0.15, 0.2) is 85.3 Å². The minimum absolute atomic E-state index is 0.105. The van der Waals surface area contributed by atoms with Crippen molar-refractivity contribution in [2.45, 2.75) is 64.8 Å². The molecule has 10 nitrogen and oxygen atoms in total. The van der Waals surface area contributed by atoms with Gasteiger partial charge in [0.2, 0.25) is 0 Å². The molecule has 2 aromatic carbocycles. The van der Waals surface area contributed by atoms with Crippen LogP contribution in [-0.4, -0.2) is 36.2 Å². The first-order valence-electron chi connectivity index (χ1n) is 13.0. The smallest absolute Gasteiger partial charge is 0.408 e. The van der Waals surface area contributed by atoms with Crippen LogP contribution in [0.5, 0.6) is 0 Å². The van der Waals surface area contributed by atoms with Crippen molar-refractivity contribution < 1.29 is 38.1 Å². The lowest BCUT2D eigenvalue weighted by atomic mass is 10.2. The summed E-state index contributed by atoms with van der Waals surface area (Å²) in [6.45, 7) is 3.23. The Morgan fingerprint density at radius 1 is 0.650 bits per heavy atom. The van der Waals surface area contributed by atoms with Crippen LogP contribution in [0.1, 0.15) is 50.7 Å². The number of hydrogen-bond acceptors (Lipinski definition) is 8. The van der Waals surface area contributed by atoms with Gasteiger partial charge in [0.1, 0.15) is 25.3 Å². The number of esters is 2. The number of allylic oxidation sites excluding steroid dienone is 2. The summed E-state index contributed by atoms with van der Waals surface area (Å²) < 4.78 is 20.2. The molecule has 2 N–H and O–H groups in total. The van der Waals surface area contributed by atoms with Crippen molar-refractivity contribution in [2.75, 3.05) is 0 Å². The summed E-state index contributed by atoms with van der Waals surface area (Å²) in [7, 11) is 0. The van der Waals surface area contributed by atoms with Gasteiger partial charge in [-0.05, 0) is 62.8 Å². The second kappa shape index (κ2) is 18.6. The highest BCUT2D eigenvalue weighted by molar-refractivity contribution is 5.81. The van der Waals surface area contributed by atoms with Gasteiger partial charge in [0.15, 0.2) is 0 Å². The van der Waals surface area contributed by atoms with E-state index in [-0.39, 0.29) is 13.2 Å². The van der Waals surface area contributed by atoms with Crippen molar-refractivity contribution in [3.05, 3.63) is 96.5 Å². The lowest BCUT2D eigenvalue weighted by Gasteiger charge is -2.12. The largest absolute Gasteiger partial charge is 0.445 e. The van der Waals surface area contributed by atoms with Gasteiger partial charge in [-0.25, -0.2) is 19.2 Å². The number of ether oxygens (including phenoxy) is 4. The van der Waals surface area contributed by atoms with E-state index in [9.17, 15) is 19.2 Å². The molecule has 0 aliphatic heterocycles. The van der Waals surface area contributed by atoms with E-state index in [1.165, 1.54) is 26.4 Å². The number of carbonyl (C=O) groups excluding carboxylic acids is 4. The van der Waals surface area contributed by atoms with Gasteiger partial charge in [0.05, 0.1) is 12.5 Å². The van der Waals surface area contributed by atoms with Gasteiger partial charge in [-0.1, -0.05) is 60.7 Å². The van der Waals surface area contributed by atoms with Crippen LogP contribution >= 0.6 is 0 Å². The maximum absolute atomic E-state index is 12.0. The minimum Gasteiger partial charge on any atom is -0.445 e. The van der Waals surface area contributed by atoms with Gasteiger partial charge in [-0.15, -0.1) is 0 Å². The fourth-order valence-corrected chi connectivity index (χ4v) is 3.10. The van der Waals surface area contributed by atoms with E-state index in [1.807, 2.05) is 60.7 Å². The second-order valence-electron chi connectivity index (χ2n) is 8.76. The molecule has 2 atom stereocenters. The van der Waals surface area contributed by atoms with Crippen LogP contribution in [0.2, 0.25) is 0 Å². The Kier molecular flexibility index (Phi) is 14.7. The number of hydrogen-bond donors (Lipinski definition) is 2. The second-order valence-corrected chi connectivity index (χ2v) is 8.76. The van der Waals surface area contributed by atoms with Crippen molar-refractivity contribution in [1.82, 2.24) is 10.6 Å². The molecule has 0 aromatic heterocycles. The van der Waals surface area contributed by atoms with Crippen LogP contribution in [0.4, 0.5) is 9.59 Å². The van der Waals surface area contributed by atoms with Gasteiger partial charge >= 0.3 is 24.1 Å². The predicted octanol–water partition coefficient (Wildman–Crippen LogP) is 5.29. The number of alkyl carbamates (subject to hydrolysis) is 2. The first-order chi connectivity index (χ1) is 19.3. The van der Waals surface area contributed by atoms with Crippen LogP contribution in [-0.2, 0) is 41.8 Å². The van der Waals surface area contributed by atoms with Gasteiger partial charge in [-0.3, -0.25) is 0 Å². The van der Waals surface area contributed by atoms with Gasteiger partial charge in [-0.2, -0.15) is 0 Å². The third-order valence-electron chi connectivity index (χ3n) is 5.35. The highest BCUT2D eigenvalue weighted by atomic mass is 16.6. The molecule has 214 valence electrons. The van der Waals surface area contributed by atoms with Crippen LogP contribution in [0.3, 0.4) is 0 Å². The number of rotatable bonds is 15. The SMILES string of the molecule is C[C@H](NC(=O)OCc1ccccc1)C(=O)O/C=C\CCCC/C=C\OC(=O)[C@H](C)NC(=O)OCc1ccccc1. The molecule has 10 heteroatoms. The molecule has 0 heterocycles. The standard InChI is InChI=1S/C30H36N2O8/c1-23(31-29(35)39-21-25-15-9-7-10-16-25)27(33)37-19-13-5-3-4-6-14-20-38-28(34)24(2)32-30(36)40-22-26-17-11-8-12-18-26/h7-20,23-24H,3-6,21-22H2,1-2H3,(H,31,35)(H,32,36)/b19-13-,20-14-/t23-,24-/m0/s1. The Morgan fingerprint density at radius 3 is 1.40 bits per heavy atom. The summed E-state index contributed by atoms with van der Waals surface area (Å²) in [5.74, 6) is -1.21. The van der Waals surface area contributed by atoms with E-state index in [0.29, 0.717) is 12.8 Å². The maximum Gasteiger partial charge on any atom is 0.408 e. The van der Waals surface area contributed by atoms with Crippen LogP contribution in [0, 0.1) is 0 Å². The van der Waals surface area contributed by atoms with E-state index in [0.717, 1.165) is 24.0 Å². The number of nitrogens with one attached hydrogen (secondary N) is 2. The lowest BCUT2D eigenvalue weighted by Crippen LogP contribution is -2.39. The van der Waals surface area contributed by atoms with Crippen molar-refractivity contribution in [3.63, 3.8) is 0 Å². The first-order valence-corrected chi connectivity index (χ1v) is 13.0. The molecule has 0 aliphatic carbocycles. The van der Waals surface area contributed by atoms with Crippen LogP contribution < -0.4 is 10.6 Å². The summed E-state index contributed by atoms with van der Waals surface area (Å²) in [5.41, 5.74) is 1.68. The number of amides is 2. The third-order valence-corrected chi connectivity index (χ3v) is 5.35. The summed E-state index contributed by atoms with van der Waals surface area (Å²) in [5, 5.41) is 4.85. The molecule has 2 rings (SSSR count). The fourth-order valence-electron chi connectivity index (χ4n) is 3.10. The molecular weight excluding hydrogens is 516 g/mol. The maximum atomic E-state index is 12.0. The zero-order valence-corrected chi connectivity index (χ0v) is 22.7. The highest BCUT2D eigenvalue weighted by Gasteiger charge is 2.18. The Morgan fingerprint density at radius 2 is 1.02 bits per heavy atom. The van der Waals surface area contributed by atoms with Crippen molar-refractivity contribution in [1.29, 1.82) is 0 Å². The van der Waals surface area contributed by atoms with E-state index >= 15 is 0 Å². The first kappa shape index (κ1) is 31.6. The quantitative estimate of drug-likeness (QED) is 0.132. The predicted molar refractivity (Wildman–Crippen MR) is 147 cm³/mol. The van der Waals surface area contributed by atoms with E-state index in [2.05, 4.69) is 10.6 Å². The Hall–Kier alpha value is -4.60. The van der Waals surface area contributed by atoms with Crippen LogP contribution in [0.25, 0.3) is 0 Å². The summed E-state index contributed by atoms with van der Waals surface area (Å²) in [6, 6.07) is 16.7. The van der Waals surface area contributed by atoms with Crippen molar-refractivity contribution in [3.8, 4) is 0 Å². The summed E-state index contributed by atoms with van der Waals surface area (Å²) >= 11 is 0. The zero-order chi connectivity index (χ0) is 29.0. The van der Waals surface area contributed by atoms with E-state index < -0.39 is 36.2 Å². The third kappa shape index (κ3) is 13.8. The molecule has 0 unspecified atom stereocenters. The molecule has 0 fully saturated rings. The molecule has 0 saturated heterocycles. The molecular formula is C30H36N2O8. The van der Waals surface area contributed by atoms with Crippen molar-refractivity contribution in [2.24, 2.45) is 0 Å². The van der Waals surface area contributed by atoms with Crippen molar-refractivity contribution >= 4 is 24.1 Å². The average molecular weight is 553 g/mol. The molecule has 2 aromatic rings. The molecule has 0 saturated carbocycles. The average Bonchev–Trinajstić information content (AvgIpc) is 2.96. The molecule has 0 aliphatic rings. The van der Waals surface area contributed by atoms with E-state index in [4.69, 9.17) is 18.9 Å². The lowest BCUT2D eigenvalue weighted by molar-refractivity contribution is -0.140. The van der Waals surface area contributed by atoms with Gasteiger partial charge in [0, 0.05) is 0 Å². The topological polar surface area (TPSA) is 129 Å². The number of unbranched alkanes of at least 4 members (excludes halogenated alkanes) is 3. The summed E-state index contributed by atoms with van der Waals surface area (Å²) in [6.07, 6.45) is 7.60. The molecule has 2 amide bonds. The van der Waals surface area contributed by atoms with E-state index in [1.54, 1.807) is 12.2 Å². The zero-order valence-electron chi connectivity index (χ0n) is 22.7. The number of benzene rings is 2. The highest BCUT2D eigenvalue weighted by Crippen LogP contribution is 2.04. The monoisotopic (exact) mass is 552 g/mol. The Balaban J connectivity index is 1.49. The fraction of sp³-hybridized carbons (Fsp3) is 0.333. The molecule has 0 radical (unpaired) electrons. The molecule has 0 spiro atoms. The van der Waals surface area contributed by atoms with Gasteiger partial charge < -0.3 is 29.6 Å². The minimum atomic E-state index is -0.862. The summed E-state index contributed by atoms with van der Waals surface area (Å²) in [4.78, 5) is 47.6. The normalized spacial score (nSPS) is 12.3. The number of carbonyl (C=O) groups is 4. The molecule has 40 heavy (non-hydrogen) atoms. The Bertz CT molecular complexity index is 1030. The Labute approximate surface area is 234 Å².